The first-order valence-electron chi connectivity index (χ1n) is 14.2. The number of hydrogen-bond donors (Lipinski definition) is 0. The van der Waals surface area contributed by atoms with Gasteiger partial charge in [0.2, 0.25) is 6.71 Å². The Morgan fingerprint density at radius 3 is 1.80 bits per heavy atom. The van der Waals surface area contributed by atoms with Crippen LogP contribution in [0.2, 0.25) is 0 Å². The third-order valence-electron chi connectivity index (χ3n) is 8.43. The quantitative estimate of drug-likeness (QED) is 0.217. The number of nitrogens with zero attached hydrogens (tertiary/aromatic N) is 1. The highest BCUT2D eigenvalue weighted by molar-refractivity contribution is 7.00. The number of hydrogen-bond acceptors (Lipinski definition) is 1. The molecule has 0 spiro atoms. The lowest BCUT2D eigenvalue weighted by Gasteiger charge is -2.21. The van der Waals surface area contributed by atoms with Gasteiger partial charge in [0.1, 0.15) is 0 Å². The van der Waals surface area contributed by atoms with E-state index in [4.69, 9.17) is 4.98 Å². The molecule has 1 aromatic heterocycles. The third-order valence-corrected chi connectivity index (χ3v) is 8.43. The van der Waals surface area contributed by atoms with Gasteiger partial charge in [-0.25, -0.2) is 0 Å². The van der Waals surface area contributed by atoms with Crippen molar-refractivity contribution in [3.05, 3.63) is 158 Å². The zero-order chi connectivity index (χ0) is 27.2. The highest BCUT2D eigenvalue weighted by Crippen LogP contribution is 2.33. The Bertz CT molecular complexity index is 1980. The molecule has 2 heteroatoms. The van der Waals surface area contributed by atoms with Gasteiger partial charge in [-0.3, -0.25) is 4.98 Å². The Morgan fingerprint density at radius 1 is 0.415 bits per heavy atom. The Morgan fingerprint density at radius 2 is 1.05 bits per heavy atom. The van der Waals surface area contributed by atoms with E-state index >= 15 is 0 Å². The molecule has 190 valence electrons. The molecule has 6 aromatic carbocycles. The van der Waals surface area contributed by atoms with Crippen molar-refractivity contribution in [1.29, 1.82) is 0 Å². The smallest absolute Gasteiger partial charge is 0.246 e. The molecule has 8 rings (SSSR count). The predicted molar refractivity (Wildman–Crippen MR) is 175 cm³/mol. The molecule has 1 aliphatic rings. The molecule has 1 aliphatic heterocycles. The predicted octanol–water partition coefficient (Wildman–Crippen LogP) is 7.73. The summed E-state index contributed by atoms with van der Waals surface area (Å²) in [5.74, 6) is 0. The number of pyridine rings is 1. The molecule has 0 aliphatic carbocycles. The van der Waals surface area contributed by atoms with Gasteiger partial charge in [0.05, 0.1) is 5.69 Å². The van der Waals surface area contributed by atoms with Crippen LogP contribution in [0.25, 0.3) is 55.4 Å². The maximum absolute atomic E-state index is 4.93. The maximum Gasteiger partial charge on any atom is 0.246 e. The summed E-state index contributed by atoms with van der Waals surface area (Å²) in [5.41, 5.74) is 13.7. The van der Waals surface area contributed by atoms with Crippen molar-refractivity contribution in [2.45, 2.75) is 0 Å². The third kappa shape index (κ3) is 3.91. The molecule has 0 fully saturated rings. The van der Waals surface area contributed by atoms with Gasteiger partial charge in [0.15, 0.2) is 0 Å². The van der Waals surface area contributed by atoms with Crippen molar-refractivity contribution >= 4 is 33.9 Å². The minimum Gasteiger partial charge on any atom is -0.257 e. The Labute approximate surface area is 240 Å². The first-order chi connectivity index (χ1) is 20.4. The molecule has 2 heterocycles. The second-order valence-electron chi connectivity index (χ2n) is 10.7. The highest BCUT2D eigenvalue weighted by Gasteiger charge is 2.37. The maximum atomic E-state index is 4.93. The molecule has 0 N–H and O–H groups in total. The molecular formula is C39H26BN. The van der Waals surface area contributed by atoms with E-state index in [0.717, 1.165) is 5.69 Å². The van der Waals surface area contributed by atoms with Gasteiger partial charge in [-0.05, 0) is 61.2 Å². The number of fused-ring (bicyclic) bond motifs is 4. The van der Waals surface area contributed by atoms with Crippen LogP contribution in [0.4, 0.5) is 0 Å². The van der Waals surface area contributed by atoms with Crippen molar-refractivity contribution in [3.8, 4) is 44.6 Å². The standard InChI is InChI=1S/C39H26BN/c1-3-12-28(13-4-1)33-20-10-21-34(29-14-5-2-6-15-29)38(33)40-36-22-11-25-41-39(36)35-24-23-30(26-37(35)40)32-19-9-17-27-16-7-8-18-31(27)32/h1-26H. The first kappa shape index (κ1) is 23.7. The molecule has 0 bridgehead atoms. The summed E-state index contributed by atoms with van der Waals surface area (Å²) in [7, 11) is 0. The van der Waals surface area contributed by atoms with Crippen molar-refractivity contribution < 1.29 is 0 Å². The molecule has 0 atom stereocenters. The van der Waals surface area contributed by atoms with Crippen LogP contribution in [-0.4, -0.2) is 11.7 Å². The van der Waals surface area contributed by atoms with E-state index in [0.29, 0.717) is 0 Å². The molecule has 0 amide bonds. The molecule has 0 radical (unpaired) electrons. The second kappa shape index (κ2) is 9.76. The molecular weight excluding hydrogens is 493 g/mol. The SMILES string of the molecule is c1ccc(-c2cccc(-c3ccccc3)c2B2c3cc(-c4cccc5ccccc45)ccc3-c3ncccc32)cc1. The first-order valence-corrected chi connectivity index (χ1v) is 14.2. The fraction of sp³-hybridized carbons (Fsp3) is 0. The lowest BCUT2D eigenvalue weighted by atomic mass is 9.37. The fourth-order valence-corrected chi connectivity index (χ4v) is 6.63. The van der Waals surface area contributed by atoms with Crippen molar-refractivity contribution in [3.63, 3.8) is 0 Å². The van der Waals surface area contributed by atoms with Crippen LogP contribution in [0.5, 0.6) is 0 Å². The van der Waals surface area contributed by atoms with Gasteiger partial charge in [0.25, 0.3) is 0 Å². The average Bonchev–Trinajstić information content (AvgIpc) is 3.38. The largest absolute Gasteiger partial charge is 0.257 e. The summed E-state index contributed by atoms with van der Waals surface area (Å²) in [6, 6.07) is 54.9. The molecule has 41 heavy (non-hydrogen) atoms. The van der Waals surface area contributed by atoms with Gasteiger partial charge < -0.3 is 0 Å². The van der Waals surface area contributed by atoms with E-state index in [1.165, 1.54) is 66.1 Å². The number of benzene rings is 6. The molecule has 7 aromatic rings. The van der Waals surface area contributed by atoms with Crippen LogP contribution in [0, 0.1) is 0 Å². The van der Waals surface area contributed by atoms with Crippen LogP contribution >= 0.6 is 0 Å². The molecule has 0 saturated carbocycles. The normalized spacial score (nSPS) is 11.9. The van der Waals surface area contributed by atoms with E-state index in [1.54, 1.807) is 0 Å². The van der Waals surface area contributed by atoms with Crippen LogP contribution in [0.3, 0.4) is 0 Å². The van der Waals surface area contributed by atoms with Gasteiger partial charge >= 0.3 is 0 Å². The molecule has 1 nitrogen and oxygen atoms in total. The van der Waals surface area contributed by atoms with Gasteiger partial charge in [-0.2, -0.15) is 0 Å². The van der Waals surface area contributed by atoms with Crippen LogP contribution < -0.4 is 16.4 Å². The summed E-state index contributed by atoms with van der Waals surface area (Å²) in [6.45, 7) is 0.0511. The summed E-state index contributed by atoms with van der Waals surface area (Å²) < 4.78 is 0. The Balaban J connectivity index is 1.43. The van der Waals surface area contributed by atoms with Gasteiger partial charge in [-0.15, -0.1) is 0 Å². The zero-order valence-electron chi connectivity index (χ0n) is 22.5. The van der Waals surface area contributed by atoms with Crippen LogP contribution in [0.15, 0.2) is 158 Å². The average molecular weight is 519 g/mol. The van der Waals surface area contributed by atoms with E-state index in [1.807, 2.05) is 6.20 Å². The van der Waals surface area contributed by atoms with E-state index in [-0.39, 0.29) is 6.71 Å². The number of aromatic nitrogens is 1. The second-order valence-corrected chi connectivity index (χ2v) is 10.7. The fourth-order valence-electron chi connectivity index (χ4n) is 6.63. The lowest BCUT2D eigenvalue weighted by Crippen LogP contribution is -2.50. The zero-order valence-corrected chi connectivity index (χ0v) is 22.5. The minimum atomic E-state index is 0.0511. The number of rotatable bonds is 4. The Hall–Kier alpha value is -5.21. The summed E-state index contributed by atoms with van der Waals surface area (Å²) in [4.78, 5) is 4.93. The van der Waals surface area contributed by atoms with Crippen molar-refractivity contribution in [1.82, 2.24) is 4.98 Å². The van der Waals surface area contributed by atoms with Crippen LogP contribution in [-0.2, 0) is 0 Å². The highest BCUT2D eigenvalue weighted by atomic mass is 14.7. The summed E-state index contributed by atoms with van der Waals surface area (Å²) >= 11 is 0. The summed E-state index contributed by atoms with van der Waals surface area (Å²) in [6.07, 6.45) is 1.92. The monoisotopic (exact) mass is 519 g/mol. The molecule has 0 unspecified atom stereocenters. The molecule has 0 saturated heterocycles. The van der Waals surface area contributed by atoms with E-state index in [9.17, 15) is 0 Å². The Kier molecular flexibility index (Phi) is 5.64. The van der Waals surface area contributed by atoms with Crippen molar-refractivity contribution in [2.75, 3.05) is 0 Å². The summed E-state index contributed by atoms with van der Waals surface area (Å²) in [5, 5.41) is 2.53. The van der Waals surface area contributed by atoms with E-state index < -0.39 is 0 Å². The van der Waals surface area contributed by atoms with Gasteiger partial charge in [-0.1, -0.05) is 157 Å². The van der Waals surface area contributed by atoms with Crippen LogP contribution in [0.1, 0.15) is 0 Å². The minimum absolute atomic E-state index is 0.0511. The topological polar surface area (TPSA) is 12.9 Å². The lowest BCUT2D eigenvalue weighted by molar-refractivity contribution is 1.36. The van der Waals surface area contributed by atoms with Crippen molar-refractivity contribution in [2.24, 2.45) is 0 Å². The van der Waals surface area contributed by atoms with Gasteiger partial charge in [0, 0.05) is 6.20 Å². The van der Waals surface area contributed by atoms with E-state index in [2.05, 4.69) is 152 Å².